The van der Waals surface area contributed by atoms with Gasteiger partial charge in [0.25, 0.3) is 0 Å². The molecule has 0 aliphatic carbocycles. The van der Waals surface area contributed by atoms with Gasteiger partial charge >= 0.3 is 12.0 Å². The molecule has 0 fully saturated rings. The van der Waals surface area contributed by atoms with E-state index >= 15 is 0 Å². The van der Waals surface area contributed by atoms with Gasteiger partial charge in [-0.2, -0.15) is 0 Å². The number of methoxy groups -OCH3 is 1. The van der Waals surface area contributed by atoms with Gasteiger partial charge in [-0.3, -0.25) is 4.79 Å². The van der Waals surface area contributed by atoms with Gasteiger partial charge in [0.1, 0.15) is 0 Å². The SMILES string of the molecule is CCN(CC)C(=O)Nc1cccc(CSCC(=O)OC)c1. The molecule has 6 heteroatoms. The van der Waals surface area contributed by atoms with Crippen molar-refractivity contribution in [2.24, 2.45) is 0 Å². The number of nitrogens with zero attached hydrogens (tertiary/aromatic N) is 1. The molecule has 0 saturated heterocycles. The number of amides is 2. The van der Waals surface area contributed by atoms with Crippen molar-refractivity contribution in [3.63, 3.8) is 0 Å². The molecule has 0 aliphatic rings. The quantitative estimate of drug-likeness (QED) is 0.787. The van der Waals surface area contributed by atoms with Crippen LogP contribution in [0.5, 0.6) is 0 Å². The second-order valence-corrected chi connectivity index (χ2v) is 5.36. The Kier molecular flexibility index (Phi) is 7.68. The molecule has 1 aromatic rings. The predicted octanol–water partition coefficient (Wildman–Crippen LogP) is 2.97. The highest BCUT2D eigenvalue weighted by Gasteiger charge is 2.09. The van der Waals surface area contributed by atoms with E-state index in [4.69, 9.17) is 0 Å². The molecule has 0 bridgehead atoms. The smallest absolute Gasteiger partial charge is 0.321 e. The van der Waals surface area contributed by atoms with E-state index in [9.17, 15) is 9.59 Å². The van der Waals surface area contributed by atoms with Crippen LogP contribution in [0.15, 0.2) is 24.3 Å². The average molecular weight is 310 g/mol. The second-order valence-electron chi connectivity index (χ2n) is 4.37. The van der Waals surface area contributed by atoms with Crippen molar-refractivity contribution in [3.8, 4) is 0 Å². The molecule has 5 nitrogen and oxygen atoms in total. The Labute approximate surface area is 130 Å². The lowest BCUT2D eigenvalue weighted by molar-refractivity contribution is -0.137. The number of thioether (sulfide) groups is 1. The largest absolute Gasteiger partial charge is 0.468 e. The number of carbonyl (C=O) groups is 2. The summed E-state index contributed by atoms with van der Waals surface area (Å²) in [4.78, 5) is 24.7. The van der Waals surface area contributed by atoms with Gasteiger partial charge in [-0.1, -0.05) is 12.1 Å². The molecule has 0 aromatic heterocycles. The Morgan fingerprint density at radius 1 is 1.29 bits per heavy atom. The van der Waals surface area contributed by atoms with Crippen LogP contribution in [-0.4, -0.2) is 42.9 Å². The lowest BCUT2D eigenvalue weighted by Crippen LogP contribution is -2.34. The van der Waals surface area contributed by atoms with Gasteiger partial charge in [-0.05, 0) is 31.5 Å². The zero-order valence-corrected chi connectivity index (χ0v) is 13.5. The number of benzene rings is 1. The van der Waals surface area contributed by atoms with Crippen LogP contribution in [0.1, 0.15) is 19.4 Å². The fourth-order valence-electron chi connectivity index (χ4n) is 1.76. The van der Waals surface area contributed by atoms with Crippen molar-refractivity contribution in [3.05, 3.63) is 29.8 Å². The molecule has 1 rings (SSSR count). The van der Waals surface area contributed by atoms with Crippen LogP contribution < -0.4 is 5.32 Å². The summed E-state index contributed by atoms with van der Waals surface area (Å²) in [5.41, 5.74) is 1.82. The van der Waals surface area contributed by atoms with Crippen molar-refractivity contribution in [1.29, 1.82) is 0 Å². The Hall–Kier alpha value is -1.69. The Balaban J connectivity index is 2.56. The molecule has 21 heavy (non-hydrogen) atoms. The number of nitrogens with one attached hydrogen (secondary N) is 1. The van der Waals surface area contributed by atoms with Gasteiger partial charge < -0.3 is 15.0 Å². The molecule has 2 amide bonds. The monoisotopic (exact) mass is 310 g/mol. The summed E-state index contributed by atoms with van der Waals surface area (Å²) in [7, 11) is 1.38. The maximum atomic E-state index is 12.0. The van der Waals surface area contributed by atoms with Crippen LogP contribution >= 0.6 is 11.8 Å². The number of hydrogen-bond acceptors (Lipinski definition) is 4. The van der Waals surface area contributed by atoms with Gasteiger partial charge in [0, 0.05) is 24.5 Å². The summed E-state index contributed by atoms with van der Waals surface area (Å²) >= 11 is 1.48. The zero-order valence-electron chi connectivity index (χ0n) is 12.7. The summed E-state index contributed by atoms with van der Waals surface area (Å²) in [6.45, 7) is 5.25. The number of carbonyl (C=O) groups excluding carboxylic acids is 2. The van der Waals surface area contributed by atoms with Crippen LogP contribution in [-0.2, 0) is 15.3 Å². The van der Waals surface area contributed by atoms with Crippen LogP contribution in [0.3, 0.4) is 0 Å². The number of hydrogen-bond donors (Lipinski definition) is 1. The van der Waals surface area contributed by atoms with Gasteiger partial charge in [-0.25, -0.2) is 4.79 Å². The molecular weight excluding hydrogens is 288 g/mol. The first-order valence-corrected chi connectivity index (χ1v) is 8.05. The van der Waals surface area contributed by atoms with E-state index in [2.05, 4.69) is 10.1 Å². The fourth-order valence-corrected chi connectivity index (χ4v) is 2.57. The average Bonchev–Trinajstić information content (AvgIpc) is 2.48. The van der Waals surface area contributed by atoms with Crippen molar-refractivity contribution >= 4 is 29.4 Å². The fraction of sp³-hybridized carbons (Fsp3) is 0.467. The number of urea groups is 1. The highest BCUT2D eigenvalue weighted by atomic mass is 32.2. The molecule has 1 N–H and O–H groups in total. The van der Waals surface area contributed by atoms with E-state index in [0.29, 0.717) is 24.6 Å². The minimum atomic E-state index is -0.231. The molecule has 0 spiro atoms. The Morgan fingerprint density at radius 3 is 2.62 bits per heavy atom. The predicted molar refractivity (Wildman–Crippen MR) is 86.6 cm³/mol. The molecule has 0 atom stereocenters. The third kappa shape index (κ3) is 6.08. The highest BCUT2D eigenvalue weighted by Crippen LogP contribution is 2.17. The molecule has 0 heterocycles. The summed E-state index contributed by atoms with van der Waals surface area (Å²) in [5, 5.41) is 2.88. The summed E-state index contributed by atoms with van der Waals surface area (Å²) in [6.07, 6.45) is 0. The first-order valence-electron chi connectivity index (χ1n) is 6.90. The first-order chi connectivity index (χ1) is 10.1. The third-order valence-corrected chi connectivity index (χ3v) is 3.92. The molecule has 0 radical (unpaired) electrons. The number of ether oxygens (including phenoxy) is 1. The van der Waals surface area contributed by atoms with E-state index in [-0.39, 0.29) is 12.0 Å². The highest BCUT2D eigenvalue weighted by molar-refractivity contribution is 7.99. The topological polar surface area (TPSA) is 58.6 Å². The van der Waals surface area contributed by atoms with Gasteiger partial charge in [0.15, 0.2) is 0 Å². The zero-order chi connectivity index (χ0) is 15.7. The van der Waals surface area contributed by atoms with Crippen LogP contribution in [0.4, 0.5) is 10.5 Å². The lowest BCUT2D eigenvalue weighted by Gasteiger charge is -2.19. The standard InChI is InChI=1S/C15H22N2O3S/c1-4-17(5-2)15(19)16-13-8-6-7-12(9-13)10-21-11-14(18)20-3/h6-9H,4-5,10-11H2,1-3H3,(H,16,19). The van der Waals surface area contributed by atoms with Crippen LogP contribution in [0, 0.1) is 0 Å². The van der Waals surface area contributed by atoms with E-state index in [1.807, 2.05) is 38.1 Å². The molecule has 116 valence electrons. The minimum Gasteiger partial charge on any atom is -0.468 e. The van der Waals surface area contributed by atoms with E-state index in [1.54, 1.807) is 4.90 Å². The third-order valence-electron chi connectivity index (χ3n) is 2.95. The van der Waals surface area contributed by atoms with Crippen molar-refractivity contribution in [2.45, 2.75) is 19.6 Å². The summed E-state index contributed by atoms with van der Waals surface area (Å²) in [5.74, 6) is 0.794. The number of esters is 1. The van der Waals surface area contributed by atoms with Crippen molar-refractivity contribution in [1.82, 2.24) is 4.90 Å². The molecule has 0 unspecified atom stereocenters. The molecular formula is C15H22N2O3S. The van der Waals surface area contributed by atoms with E-state index in [0.717, 1.165) is 11.3 Å². The van der Waals surface area contributed by atoms with Crippen molar-refractivity contribution < 1.29 is 14.3 Å². The van der Waals surface area contributed by atoms with E-state index in [1.165, 1.54) is 18.9 Å². The minimum absolute atomic E-state index is 0.0978. The lowest BCUT2D eigenvalue weighted by atomic mass is 10.2. The first kappa shape index (κ1) is 17.4. The van der Waals surface area contributed by atoms with Gasteiger partial charge in [0.2, 0.25) is 0 Å². The molecule has 0 saturated carbocycles. The van der Waals surface area contributed by atoms with Gasteiger partial charge in [-0.15, -0.1) is 11.8 Å². The number of anilines is 1. The van der Waals surface area contributed by atoms with Crippen LogP contribution in [0.2, 0.25) is 0 Å². The maximum Gasteiger partial charge on any atom is 0.321 e. The Bertz CT molecular complexity index is 476. The number of rotatable bonds is 7. The Morgan fingerprint density at radius 2 is 2.00 bits per heavy atom. The molecule has 0 aliphatic heterocycles. The van der Waals surface area contributed by atoms with Crippen LogP contribution in [0.25, 0.3) is 0 Å². The maximum absolute atomic E-state index is 12.0. The molecule has 1 aromatic carbocycles. The summed E-state index contributed by atoms with van der Waals surface area (Å²) in [6, 6.07) is 7.55. The summed E-state index contributed by atoms with van der Waals surface area (Å²) < 4.78 is 4.59. The van der Waals surface area contributed by atoms with E-state index < -0.39 is 0 Å². The van der Waals surface area contributed by atoms with Gasteiger partial charge in [0.05, 0.1) is 12.9 Å². The second kappa shape index (κ2) is 9.28. The van der Waals surface area contributed by atoms with Crippen molar-refractivity contribution in [2.75, 3.05) is 31.3 Å². The normalized spacial score (nSPS) is 10.0.